The number of hydrogen-bond acceptors (Lipinski definition) is 3. The van der Waals surface area contributed by atoms with E-state index in [1.807, 2.05) is 24.3 Å². The molecule has 1 heterocycles. The van der Waals surface area contributed by atoms with Gasteiger partial charge in [-0.3, -0.25) is 0 Å². The molecule has 0 bridgehead atoms. The maximum atomic E-state index is 5.22. The number of hydrogen-bond donors (Lipinski definition) is 0. The summed E-state index contributed by atoms with van der Waals surface area (Å²) in [5, 5.41) is 7.45. The first-order valence-electron chi connectivity index (χ1n) is 20.4. The number of aromatic nitrogens is 3. The largest absolute Gasteiger partial charge is 0.208 e. The molecule has 280 valence electrons. The lowest BCUT2D eigenvalue weighted by molar-refractivity contribution is 1.07. The van der Waals surface area contributed by atoms with E-state index >= 15 is 0 Å². The molecule has 0 fully saturated rings. The molecule has 0 saturated carbocycles. The van der Waals surface area contributed by atoms with E-state index in [9.17, 15) is 0 Å². The van der Waals surface area contributed by atoms with Crippen molar-refractivity contribution in [3.63, 3.8) is 0 Å². The fourth-order valence-corrected chi connectivity index (χ4v) is 8.73. The normalized spacial score (nSPS) is 11.3. The molecule has 11 aromatic rings. The molecule has 0 aliphatic carbocycles. The van der Waals surface area contributed by atoms with Crippen molar-refractivity contribution in [3.8, 4) is 78.7 Å². The molecular weight excluding hydrogens is 727 g/mol. The van der Waals surface area contributed by atoms with Crippen LogP contribution in [0.5, 0.6) is 0 Å². The summed E-state index contributed by atoms with van der Waals surface area (Å²) >= 11 is 0. The minimum absolute atomic E-state index is 0.618. The van der Waals surface area contributed by atoms with Crippen LogP contribution in [0.2, 0.25) is 0 Å². The summed E-state index contributed by atoms with van der Waals surface area (Å²) in [6.45, 7) is 0. The van der Waals surface area contributed by atoms with Crippen LogP contribution in [-0.2, 0) is 0 Å². The lowest BCUT2D eigenvalue weighted by atomic mass is 9.81. The third-order valence-electron chi connectivity index (χ3n) is 11.5. The summed E-state index contributed by atoms with van der Waals surface area (Å²) in [6, 6.07) is 79.6. The zero-order valence-corrected chi connectivity index (χ0v) is 32.7. The average Bonchev–Trinajstić information content (AvgIpc) is 3.34. The highest BCUT2D eigenvalue weighted by Crippen LogP contribution is 2.49. The van der Waals surface area contributed by atoms with Crippen LogP contribution in [0.1, 0.15) is 0 Å². The van der Waals surface area contributed by atoms with Gasteiger partial charge >= 0.3 is 0 Å². The predicted octanol–water partition coefficient (Wildman–Crippen LogP) is 15.0. The summed E-state index contributed by atoms with van der Waals surface area (Å²) in [4.78, 5) is 15.5. The number of fused-ring (bicyclic) bond motifs is 6. The highest BCUT2D eigenvalue weighted by atomic mass is 15.0. The molecule has 0 aliphatic rings. The van der Waals surface area contributed by atoms with E-state index in [-0.39, 0.29) is 0 Å². The Hall–Kier alpha value is -8.01. The smallest absolute Gasteiger partial charge is 0.164 e. The van der Waals surface area contributed by atoms with E-state index in [1.165, 1.54) is 49.0 Å². The fourth-order valence-electron chi connectivity index (χ4n) is 8.73. The van der Waals surface area contributed by atoms with E-state index in [4.69, 9.17) is 15.0 Å². The number of benzene rings is 10. The third kappa shape index (κ3) is 6.30. The summed E-state index contributed by atoms with van der Waals surface area (Å²) in [6.07, 6.45) is 0. The van der Waals surface area contributed by atoms with Gasteiger partial charge in [-0.1, -0.05) is 206 Å². The number of rotatable bonds is 7. The van der Waals surface area contributed by atoms with Crippen molar-refractivity contribution in [3.05, 3.63) is 224 Å². The second kappa shape index (κ2) is 15.1. The van der Waals surface area contributed by atoms with Gasteiger partial charge in [0.1, 0.15) is 0 Å². The Morgan fingerprint density at radius 1 is 0.217 bits per heavy atom. The van der Waals surface area contributed by atoms with Gasteiger partial charge in [0.25, 0.3) is 0 Å². The van der Waals surface area contributed by atoms with Gasteiger partial charge in [-0.15, -0.1) is 0 Å². The van der Waals surface area contributed by atoms with Gasteiger partial charge in [0, 0.05) is 16.7 Å². The van der Waals surface area contributed by atoms with Gasteiger partial charge in [-0.05, 0) is 95.0 Å². The highest BCUT2D eigenvalue weighted by Gasteiger charge is 2.22. The van der Waals surface area contributed by atoms with Crippen molar-refractivity contribution in [2.75, 3.05) is 0 Å². The molecule has 1 aromatic heterocycles. The molecule has 11 rings (SSSR count). The average molecular weight is 764 g/mol. The van der Waals surface area contributed by atoms with Gasteiger partial charge in [-0.25, -0.2) is 15.0 Å². The van der Waals surface area contributed by atoms with E-state index in [2.05, 4.69) is 200 Å². The van der Waals surface area contributed by atoms with Gasteiger partial charge in [-0.2, -0.15) is 0 Å². The zero-order valence-electron chi connectivity index (χ0n) is 32.7. The minimum atomic E-state index is 0.618. The Morgan fingerprint density at radius 3 is 1.17 bits per heavy atom. The topological polar surface area (TPSA) is 38.7 Å². The van der Waals surface area contributed by atoms with E-state index in [1.54, 1.807) is 0 Å². The highest BCUT2D eigenvalue weighted by molar-refractivity contribution is 6.33. The van der Waals surface area contributed by atoms with Gasteiger partial charge in [0.05, 0.1) is 0 Å². The summed E-state index contributed by atoms with van der Waals surface area (Å²) in [7, 11) is 0. The summed E-state index contributed by atoms with van der Waals surface area (Å²) in [5.74, 6) is 1.88. The second-order valence-corrected chi connectivity index (χ2v) is 15.1. The van der Waals surface area contributed by atoms with Crippen LogP contribution >= 0.6 is 0 Å². The summed E-state index contributed by atoms with van der Waals surface area (Å²) < 4.78 is 0. The van der Waals surface area contributed by atoms with Crippen LogP contribution in [0.15, 0.2) is 224 Å². The molecule has 3 heteroatoms. The van der Waals surface area contributed by atoms with Gasteiger partial charge in [0.15, 0.2) is 17.5 Å². The molecule has 0 unspecified atom stereocenters. The summed E-state index contributed by atoms with van der Waals surface area (Å²) in [5.41, 5.74) is 12.0. The van der Waals surface area contributed by atoms with Crippen LogP contribution in [-0.4, -0.2) is 15.0 Å². The first-order valence-corrected chi connectivity index (χ1v) is 20.4. The van der Waals surface area contributed by atoms with Gasteiger partial charge in [0.2, 0.25) is 0 Å². The fraction of sp³-hybridized carbons (Fsp3) is 0. The first-order chi connectivity index (χ1) is 29.8. The quantitative estimate of drug-likeness (QED) is 0.152. The van der Waals surface area contributed by atoms with E-state index < -0.39 is 0 Å². The van der Waals surface area contributed by atoms with Crippen molar-refractivity contribution >= 4 is 32.3 Å². The Bertz CT molecular complexity index is 3340. The number of nitrogens with zero attached hydrogens (tertiary/aromatic N) is 3. The monoisotopic (exact) mass is 763 g/mol. The molecule has 0 aliphatic heterocycles. The Morgan fingerprint density at radius 2 is 0.600 bits per heavy atom. The maximum absolute atomic E-state index is 5.22. The molecule has 0 atom stereocenters. The lowest BCUT2D eigenvalue weighted by Gasteiger charge is -2.22. The predicted molar refractivity (Wildman–Crippen MR) is 250 cm³/mol. The third-order valence-corrected chi connectivity index (χ3v) is 11.5. The van der Waals surface area contributed by atoms with Crippen LogP contribution in [0.4, 0.5) is 0 Å². The molecule has 60 heavy (non-hydrogen) atoms. The zero-order chi connectivity index (χ0) is 39.8. The minimum Gasteiger partial charge on any atom is -0.208 e. The molecule has 0 radical (unpaired) electrons. The Kier molecular flexibility index (Phi) is 8.83. The molecule has 0 N–H and O–H groups in total. The van der Waals surface area contributed by atoms with Crippen LogP contribution in [0.3, 0.4) is 0 Å². The molecule has 0 spiro atoms. The SMILES string of the molecule is c1ccc(-c2cccc(-c3nc(-c4ccccc4)nc(-c4cccc(-c5cc(-c6ccccc6)c6c7ccccc7c7ccccc7c6c5-c5ccccc5)c4)n3)c2)cc1. The van der Waals surface area contributed by atoms with E-state index in [0.29, 0.717) is 17.5 Å². The first kappa shape index (κ1) is 35.2. The van der Waals surface area contributed by atoms with Crippen molar-refractivity contribution in [2.24, 2.45) is 0 Å². The van der Waals surface area contributed by atoms with Crippen molar-refractivity contribution in [1.29, 1.82) is 0 Å². The van der Waals surface area contributed by atoms with Crippen molar-refractivity contribution in [1.82, 2.24) is 15.0 Å². The van der Waals surface area contributed by atoms with Gasteiger partial charge < -0.3 is 0 Å². The Labute approximate surface area is 349 Å². The molecule has 10 aromatic carbocycles. The van der Waals surface area contributed by atoms with E-state index in [0.717, 1.165) is 44.5 Å². The second-order valence-electron chi connectivity index (χ2n) is 15.1. The molecule has 0 amide bonds. The molecule has 3 nitrogen and oxygen atoms in total. The van der Waals surface area contributed by atoms with Crippen molar-refractivity contribution in [2.45, 2.75) is 0 Å². The lowest BCUT2D eigenvalue weighted by Crippen LogP contribution is -2.00. The molecule has 0 saturated heterocycles. The Balaban J connectivity index is 1.18. The maximum Gasteiger partial charge on any atom is 0.164 e. The standard InChI is InChI=1S/C57H37N3/c1-5-19-38(20-6-1)42-27-17-29-44(35-42)56-58-55(41-25-11-4-12-26-41)59-57(60-56)45-30-18-28-43(36-45)51-37-50(39-21-7-2-8-22-39)53-48-33-15-13-31-46(48)47-32-14-16-34-49(47)54(53)52(51)40-23-9-3-10-24-40/h1-37H. The molecular formula is C57H37N3. The van der Waals surface area contributed by atoms with Crippen LogP contribution in [0.25, 0.3) is 111 Å². The van der Waals surface area contributed by atoms with Crippen molar-refractivity contribution < 1.29 is 0 Å². The van der Waals surface area contributed by atoms with Crippen LogP contribution in [0, 0.1) is 0 Å². The van der Waals surface area contributed by atoms with Crippen LogP contribution < -0.4 is 0 Å².